The van der Waals surface area contributed by atoms with E-state index in [0.717, 1.165) is 48.9 Å². The quantitative estimate of drug-likeness (QED) is 0.308. The molecule has 1 unspecified atom stereocenters. The summed E-state index contributed by atoms with van der Waals surface area (Å²) in [5, 5.41) is 21.1. The Morgan fingerprint density at radius 2 is 1.74 bits per heavy atom. The molecule has 5 rings (SSSR count). The van der Waals surface area contributed by atoms with Crippen molar-refractivity contribution in [2.24, 2.45) is 17.3 Å². The molecule has 3 N–H and O–H groups in total. The van der Waals surface area contributed by atoms with E-state index in [2.05, 4.69) is 65.8 Å². The SMILES string of the molecule is CC(C)(C)C(NC(=O)O)C1CCC(Cn2ncc3cnc(Nc4ccc(C5CCCCC5)cc4)nc32)CC1. The van der Waals surface area contributed by atoms with Crippen LogP contribution in [0.3, 0.4) is 0 Å². The Bertz CT molecular complexity index is 1220. The molecule has 2 saturated carbocycles. The highest BCUT2D eigenvalue weighted by atomic mass is 16.4. The average Bonchev–Trinajstić information content (AvgIpc) is 3.30. The van der Waals surface area contributed by atoms with Gasteiger partial charge in [-0.3, -0.25) is 0 Å². The smallest absolute Gasteiger partial charge is 0.404 e. The van der Waals surface area contributed by atoms with Gasteiger partial charge in [-0.05, 0) is 79.4 Å². The van der Waals surface area contributed by atoms with Gasteiger partial charge in [-0.2, -0.15) is 10.1 Å². The summed E-state index contributed by atoms with van der Waals surface area (Å²) in [5.41, 5.74) is 3.18. The van der Waals surface area contributed by atoms with Gasteiger partial charge in [-0.15, -0.1) is 0 Å². The van der Waals surface area contributed by atoms with Crippen LogP contribution in [-0.4, -0.2) is 37.0 Å². The summed E-state index contributed by atoms with van der Waals surface area (Å²) >= 11 is 0. The zero-order valence-electron chi connectivity index (χ0n) is 23.0. The fourth-order valence-corrected chi connectivity index (χ4v) is 6.59. The fraction of sp³-hybridized carbons (Fsp3) is 0.600. The predicted molar refractivity (Wildman–Crippen MR) is 151 cm³/mol. The number of carboxylic acid groups (broad SMARTS) is 1. The van der Waals surface area contributed by atoms with Gasteiger partial charge in [-0.1, -0.05) is 52.2 Å². The van der Waals surface area contributed by atoms with Crippen molar-refractivity contribution in [1.82, 2.24) is 25.1 Å². The summed E-state index contributed by atoms with van der Waals surface area (Å²) in [6, 6.07) is 8.72. The first-order valence-electron chi connectivity index (χ1n) is 14.3. The Balaban J connectivity index is 1.21. The Labute approximate surface area is 225 Å². The van der Waals surface area contributed by atoms with E-state index < -0.39 is 6.09 Å². The van der Waals surface area contributed by atoms with E-state index in [9.17, 15) is 9.90 Å². The number of hydrogen-bond acceptors (Lipinski definition) is 5. The van der Waals surface area contributed by atoms with Crippen LogP contribution in [0, 0.1) is 17.3 Å². The summed E-state index contributed by atoms with van der Waals surface area (Å²) in [5.74, 6) is 2.14. The topological polar surface area (TPSA) is 105 Å². The fourth-order valence-electron chi connectivity index (χ4n) is 6.59. The van der Waals surface area contributed by atoms with E-state index >= 15 is 0 Å². The first-order chi connectivity index (χ1) is 18.3. The van der Waals surface area contributed by atoms with Crippen LogP contribution in [0.1, 0.15) is 90.0 Å². The standard InChI is InChI=1S/C30H42N6O2/c1-30(2,3)26(34-29(37)38)23-11-9-20(10-12-23)19-36-27-24(18-32-36)17-31-28(35-27)33-25-15-13-22(14-16-25)21-7-5-4-6-8-21/h13-18,20-21,23,26,34H,4-12,19H2,1-3H3,(H,37,38)(H,31,33,35). The highest BCUT2D eigenvalue weighted by Crippen LogP contribution is 2.38. The molecule has 0 spiro atoms. The maximum Gasteiger partial charge on any atom is 0.404 e. The molecule has 204 valence electrons. The molecule has 0 aliphatic heterocycles. The van der Waals surface area contributed by atoms with Gasteiger partial charge in [0.1, 0.15) is 0 Å². The maximum atomic E-state index is 11.4. The zero-order valence-corrected chi connectivity index (χ0v) is 23.0. The van der Waals surface area contributed by atoms with Crippen molar-refractivity contribution in [3.8, 4) is 0 Å². The van der Waals surface area contributed by atoms with Crippen LogP contribution in [0.4, 0.5) is 16.4 Å². The number of benzene rings is 1. The lowest BCUT2D eigenvalue weighted by Crippen LogP contribution is -2.49. The van der Waals surface area contributed by atoms with E-state index in [4.69, 9.17) is 4.98 Å². The first-order valence-corrected chi connectivity index (χ1v) is 14.3. The molecule has 1 amide bonds. The molecular weight excluding hydrogens is 476 g/mol. The minimum absolute atomic E-state index is 0.0374. The van der Waals surface area contributed by atoms with Gasteiger partial charge in [0, 0.05) is 24.5 Å². The second-order valence-corrected chi connectivity index (χ2v) is 12.5. The Morgan fingerprint density at radius 3 is 2.39 bits per heavy atom. The number of amides is 1. The van der Waals surface area contributed by atoms with Crippen molar-refractivity contribution in [1.29, 1.82) is 0 Å². The first kappa shape index (κ1) is 26.4. The molecule has 8 heteroatoms. The normalized spacial score (nSPS) is 21.8. The third kappa shape index (κ3) is 6.27. The molecule has 0 saturated heterocycles. The highest BCUT2D eigenvalue weighted by molar-refractivity contribution is 5.75. The molecule has 2 aliphatic rings. The number of nitrogens with zero attached hydrogens (tertiary/aromatic N) is 4. The van der Waals surface area contributed by atoms with E-state index in [1.165, 1.54) is 37.7 Å². The summed E-state index contributed by atoms with van der Waals surface area (Å²) in [6.07, 6.45) is 13.6. The molecule has 0 bridgehead atoms. The van der Waals surface area contributed by atoms with Crippen LogP contribution in [0.15, 0.2) is 36.7 Å². The lowest BCUT2D eigenvalue weighted by Gasteiger charge is -2.40. The minimum Gasteiger partial charge on any atom is -0.465 e. The lowest BCUT2D eigenvalue weighted by molar-refractivity contribution is 0.121. The van der Waals surface area contributed by atoms with Crippen molar-refractivity contribution in [2.75, 3.05) is 5.32 Å². The van der Waals surface area contributed by atoms with E-state index in [-0.39, 0.29) is 11.5 Å². The maximum absolute atomic E-state index is 11.4. The van der Waals surface area contributed by atoms with Crippen LogP contribution >= 0.6 is 0 Å². The predicted octanol–water partition coefficient (Wildman–Crippen LogP) is 7.11. The largest absolute Gasteiger partial charge is 0.465 e. The van der Waals surface area contributed by atoms with Gasteiger partial charge in [-0.25, -0.2) is 14.5 Å². The van der Waals surface area contributed by atoms with Crippen LogP contribution in [0.25, 0.3) is 11.0 Å². The van der Waals surface area contributed by atoms with E-state index in [1.54, 1.807) is 0 Å². The monoisotopic (exact) mass is 518 g/mol. The molecule has 2 aromatic heterocycles. The Hall–Kier alpha value is -3.16. The molecule has 2 aliphatic carbocycles. The van der Waals surface area contributed by atoms with Gasteiger partial charge in [0.05, 0.1) is 11.6 Å². The Morgan fingerprint density at radius 1 is 1.03 bits per heavy atom. The molecule has 0 radical (unpaired) electrons. The van der Waals surface area contributed by atoms with Crippen molar-refractivity contribution < 1.29 is 9.90 Å². The van der Waals surface area contributed by atoms with Gasteiger partial charge >= 0.3 is 6.09 Å². The molecule has 38 heavy (non-hydrogen) atoms. The van der Waals surface area contributed by atoms with E-state index in [0.29, 0.717) is 23.7 Å². The molecule has 8 nitrogen and oxygen atoms in total. The molecule has 2 fully saturated rings. The second kappa shape index (κ2) is 11.3. The van der Waals surface area contributed by atoms with Crippen molar-refractivity contribution in [3.63, 3.8) is 0 Å². The van der Waals surface area contributed by atoms with Crippen LogP contribution in [-0.2, 0) is 6.54 Å². The highest BCUT2D eigenvalue weighted by Gasteiger charge is 2.36. The number of anilines is 2. The number of nitrogens with one attached hydrogen (secondary N) is 2. The van der Waals surface area contributed by atoms with Gasteiger partial charge < -0.3 is 15.7 Å². The lowest BCUT2D eigenvalue weighted by atomic mass is 9.71. The summed E-state index contributed by atoms with van der Waals surface area (Å²) in [4.78, 5) is 20.7. The number of rotatable bonds is 7. The molecule has 3 aromatic rings. The van der Waals surface area contributed by atoms with Crippen molar-refractivity contribution >= 4 is 28.8 Å². The van der Waals surface area contributed by atoms with Gasteiger partial charge in [0.2, 0.25) is 5.95 Å². The van der Waals surface area contributed by atoms with E-state index in [1.807, 2.05) is 17.1 Å². The molecule has 2 heterocycles. The number of fused-ring (bicyclic) bond motifs is 1. The molecule has 1 aromatic carbocycles. The van der Waals surface area contributed by atoms with Crippen LogP contribution < -0.4 is 10.6 Å². The van der Waals surface area contributed by atoms with Crippen LogP contribution in [0.2, 0.25) is 0 Å². The Kier molecular flexibility index (Phi) is 7.86. The zero-order chi connectivity index (χ0) is 26.7. The average molecular weight is 519 g/mol. The number of carbonyl (C=O) groups is 1. The minimum atomic E-state index is -0.931. The summed E-state index contributed by atoms with van der Waals surface area (Å²) < 4.78 is 2.01. The second-order valence-electron chi connectivity index (χ2n) is 12.5. The van der Waals surface area contributed by atoms with Gasteiger partial charge in [0.25, 0.3) is 0 Å². The number of hydrogen-bond donors (Lipinski definition) is 3. The third-order valence-electron chi connectivity index (χ3n) is 8.63. The van der Waals surface area contributed by atoms with Crippen LogP contribution in [0.5, 0.6) is 0 Å². The summed E-state index contributed by atoms with van der Waals surface area (Å²) in [7, 11) is 0. The van der Waals surface area contributed by atoms with Crippen molar-refractivity contribution in [2.45, 2.75) is 97.1 Å². The number of aromatic nitrogens is 4. The summed E-state index contributed by atoms with van der Waals surface area (Å²) in [6.45, 7) is 7.17. The van der Waals surface area contributed by atoms with Crippen molar-refractivity contribution in [3.05, 3.63) is 42.2 Å². The third-order valence-corrected chi connectivity index (χ3v) is 8.63. The molecular formula is C30H42N6O2. The van der Waals surface area contributed by atoms with Gasteiger partial charge in [0.15, 0.2) is 5.65 Å². The molecule has 1 atom stereocenters.